The molecule has 0 aliphatic carbocycles. The molecule has 1 aromatic carbocycles. The van der Waals surface area contributed by atoms with E-state index in [-0.39, 0.29) is 17.3 Å². The van der Waals surface area contributed by atoms with Crippen LogP contribution in [0, 0.1) is 10.1 Å². The maximum Gasteiger partial charge on any atom is 0.353 e. The zero-order valence-corrected chi connectivity index (χ0v) is 14.8. The highest BCUT2D eigenvalue weighted by Gasteiger charge is 2.29. The minimum Gasteiger partial charge on any atom is -0.378 e. The van der Waals surface area contributed by atoms with Gasteiger partial charge in [-0.05, 0) is 12.1 Å². The zero-order chi connectivity index (χ0) is 18.5. The van der Waals surface area contributed by atoms with Crippen molar-refractivity contribution < 1.29 is 4.92 Å². The van der Waals surface area contributed by atoms with Gasteiger partial charge < -0.3 is 20.9 Å². The van der Waals surface area contributed by atoms with Gasteiger partial charge in [-0.1, -0.05) is 37.3 Å². The van der Waals surface area contributed by atoms with Crippen molar-refractivity contribution in [3.8, 4) is 0 Å². The summed E-state index contributed by atoms with van der Waals surface area (Å²) in [5.74, 6) is 0.465. The van der Waals surface area contributed by atoms with Crippen LogP contribution in [0.3, 0.4) is 0 Å². The van der Waals surface area contributed by atoms with Crippen LogP contribution in [-0.4, -0.2) is 52.5 Å². The first-order chi connectivity index (χ1) is 12.6. The molecule has 0 spiro atoms. The molecule has 0 amide bonds. The van der Waals surface area contributed by atoms with Crippen molar-refractivity contribution in [2.24, 2.45) is 0 Å². The molecule has 1 fully saturated rings. The van der Waals surface area contributed by atoms with Crippen LogP contribution >= 0.6 is 0 Å². The van der Waals surface area contributed by atoms with E-state index in [4.69, 9.17) is 5.73 Å². The summed E-state index contributed by atoms with van der Waals surface area (Å²) in [4.78, 5) is 23.7. The average molecular weight is 357 g/mol. The Morgan fingerprint density at radius 2 is 1.88 bits per heavy atom. The summed E-state index contributed by atoms with van der Waals surface area (Å²) in [5.41, 5.74) is 6.72. The number of nitrogens with one attached hydrogen (secondary N) is 1. The minimum absolute atomic E-state index is 0.117. The van der Waals surface area contributed by atoms with Gasteiger partial charge in [0.1, 0.15) is 0 Å². The van der Waals surface area contributed by atoms with Crippen LogP contribution in [0.4, 0.5) is 23.3 Å². The van der Waals surface area contributed by atoms with Crippen LogP contribution < -0.4 is 16.0 Å². The number of benzene rings is 1. The summed E-state index contributed by atoms with van der Waals surface area (Å²) in [6.07, 6.45) is 0. The van der Waals surface area contributed by atoms with Crippen molar-refractivity contribution in [2.75, 3.05) is 48.7 Å². The molecular weight excluding hydrogens is 334 g/mol. The summed E-state index contributed by atoms with van der Waals surface area (Å²) >= 11 is 0. The normalized spacial score (nSPS) is 15.0. The van der Waals surface area contributed by atoms with Gasteiger partial charge in [-0.2, -0.15) is 9.97 Å². The van der Waals surface area contributed by atoms with E-state index in [1.807, 2.05) is 35.2 Å². The molecule has 3 rings (SSSR count). The van der Waals surface area contributed by atoms with E-state index in [0.717, 1.165) is 25.2 Å². The Morgan fingerprint density at radius 1 is 1.19 bits per heavy atom. The minimum atomic E-state index is -0.502. The first-order valence-electron chi connectivity index (χ1n) is 8.65. The number of nitrogens with zero attached hydrogens (tertiary/aromatic N) is 5. The standard InChI is InChI=1S/C17H23N7O2/c1-2-22-8-10-23(11-9-22)16-14(24(25)26)15(18)20-17(21-16)19-12-13-6-4-3-5-7-13/h3-7H,2,8-12H2,1H3,(H3,18,19,20,21). The molecule has 1 aliphatic rings. The van der Waals surface area contributed by atoms with Crippen molar-refractivity contribution in [1.29, 1.82) is 0 Å². The second-order valence-corrected chi connectivity index (χ2v) is 6.12. The fourth-order valence-corrected chi connectivity index (χ4v) is 2.99. The number of nitro groups is 1. The molecule has 0 atom stereocenters. The summed E-state index contributed by atoms with van der Waals surface area (Å²) in [5, 5.41) is 14.6. The molecule has 0 saturated carbocycles. The van der Waals surface area contributed by atoms with E-state index in [2.05, 4.69) is 27.1 Å². The molecule has 3 N–H and O–H groups in total. The third-order valence-corrected chi connectivity index (χ3v) is 4.49. The summed E-state index contributed by atoms with van der Waals surface area (Å²) < 4.78 is 0. The van der Waals surface area contributed by atoms with Gasteiger partial charge in [-0.3, -0.25) is 10.1 Å². The van der Waals surface area contributed by atoms with Crippen molar-refractivity contribution >= 4 is 23.3 Å². The van der Waals surface area contributed by atoms with Gasteiger partial charge in [0.05, 0.1) is 4.92 Å². The number of nitrogens with two attached hydrogens (primary N) is 1. The van der Waals surface area contributed by atoms with Gasteiger partial charge in [0.25, 0.3) is 0 Å². The molecule has 26 heavy (non-hydrogen) atoms. The third-order valence-electron chi connectivity index (χ3n) is 4.49. The SMILES string of the molecule is CCN1CCN(c2nc(NCc3ccccc3)nc(N)c2[N+](=O)[O-])CC1. The molecule has 9 nitrogen and oxygen atoms in total. The summed E-state index contributed by atoms with van der Waals surface area (Å²) in [6, 6.07) is 9.79. The smallest absolute Gasteiger partial charge is 0.353 e. The number of rotatable bonds is 6. The Kier molecular flexibility index (Phi) is 5.47. The molecule has 0 bridgehead atoms. The van der Waals surface area contributed by atoms with E-state index in [9.17, 15) is 10.1 Å². The zero-order valence-electron chi connectivity index (χ0n) is 14.8. The Labute approximate surface area is 152 Å². The molecule has 1 aliphatic heterocycles. The lowest BCUT2D eigenvalue weighted by molar-refractivity contribution is -0.383. The molecule has 2 heterocycles. The maximum atomic E-state index is 11.5. The molecule has 9 heteroatoms. The van der Waals surface area contributed by atoms with Crippen LogP contribution in [0.5, 0.6) is 0 Å². The van der Waals surface area contributed by atoms with Gasteiger partial charge in [-0.15, -0.1) is 0 Å². The van der Waals surface area contributed by atoms with Gasteiger partial charge in [0, 0.05) is 32.7 Å². The highest BCUT2D eigenvalue weighted by atomic mass is 16.6. The Hall–Kier alpha value is -2.94. The third kappa shape index (κ3) is 3.99. The quantitative estimate of drug-likeness (QED) is 0.593. The summed E-state index contributed by atoms with van der Waals surface area (Å²) in [6.45, 7) is 6.60. The topological polar surface area (TPSA) is 113 Å². The lowest BCUT2D eigenvalue weighted by Crippen LogP contribution is -2.46. The van der Waals surface area contributed by atoms with Gasteiger partial charge in [0.2, 0.25) is 17.6 Å². The van der Waals surface area contributed by atoms with Crippen molar-refractivity contribution in [1.82, 2.24) is 14.9 Å². The van der Waals surface area contributed by atoms with Gasteiger partial charge in [-0.25, -0.2) is 0 Å². The highest BCUT2D eigenvalue weighted by molar-refractivity contribution is 5.71. The molecule has 0 radical (unpaired) electrons. The fourth-order valence-electron chi connectivity index (χ4n) is 2.99. The molecular formula is C17H23N7O2. The largest absolute Gasteiger partial charge is 0.378 e. The number of aromatic nitrogens is 2. The molecule has 138 valence electrons. The predicted molar refractivity (Wildman–Crippen MR) is 101 cm³/mol. The van der Waals surface area contributed by atoms with Gasteiger partial charge >= 0.3 is 5.69 Å². The maximum absolute atomic E-state index is 11.5. The van der Waals surface area contributed by atoms with E-state index in [0.29, 0.717) is 25.6 Å². The lowest BCUT2D eigenvalue weighted by atomic mass is 10.2. The predicted octanol–water partition coefficient (Wildman–Crippen LogP) is 1.72. The molecule has 1 saturated heterocycles. The Bertz CT molecular complexity index is 761. The van der Waals surface area contributed by atoms with Crippen LogP contribution in [0.25, 0.3) is 0 Å². The Morgan fingerprint density at radius 3 is 2.50 bits per heavy atom. The van der Waals surface area contributed by atoms with Crippen molar-refractivity contribution in [2.45, 2.75) is 13.5 Å². The highest BCUT2D eigenvalue weighted by Crippen LogP contribution is 2.32. The number of likely N-dealkylation sites (N-methyl/N-ethyl adjacent to an activating group) is 1. The molecule has 0 unspecified atom stereocenters. The monoisotopic (exact) mass is 357 g/mol. The van der Waals surface area contributed by atoms with E-state index < -0.39 is 4.92 Å². The lowest BCUT2D eigenvalue weighted by Gasteiger charge is -2.34. The van der Waals surface area contributed by atoms with Crippen LogP contribution in [0.1, 0.15) is 12.5 Å². The van der Waals surface area contributed by atoms with Crippen LogP contribution in [0.15, 0.2) is 30.3 Å². The number of hydrogen-bond acceptors (Lipinski definition) is 8. The number of nitrogen functional groups attached to an aromatic ring is 1. The Balaban J connectivity index is 1.84. The van der Waals surface area contributed by atoms with Gasteiger partial charge in [0.15, 0.2) is 0 Å². The first kappa shape index (κ1) is 17.9. The van der Waals surface area contributed by atoms with E-state index >= 15 is 0 Å². The number of hydrogen-bond donors (Lipinski definition) is 2. The van der Waals surface area contributed by atoms with Crippen molar-refractivity contribution in [3.63, 3.8) is 0 Å². The second kappa shape index (κ2) is 7.96. The number of anilines is 3. The molecule has 1 aromatic heterocycles. The van der Waals surface area contributed by atoms with Crippen LogP contribution in [0.2, 0.25) is 0 Å². The van der Waals surface area contributed by atoms with E-state index in [1.165, 1.54) is 0 Å². The fraction of sp³-hybridized carbons (Fsp3) is 0.412. The van der Waals surface area contributed by atoms with Crippen molar-refractivity contribution in [3.05, 3.63) is 46.0 Å². The average Bonchev–Trinajstić information content (AvgIpc) is 2.66. The summed E-state index contributed by atoms with van der Waals surface area (Å²) in [7, 11) is 0. The first-order valence-corrected chi connectivity index (χ1v) is 8.65. The second-order valence-electron chi connectivity index (χ2n) is 6.12. The molecule has 2 aromatic rings. The van der Waals surface area contributed by atoms with Crippen LogP contribution in [-0.2, 0) is 6.54 Å². The number of piperazine rings is 1. The van der Waals surface area contributed by atoms with E-state index in [1.54, 1.807) is 0 Å².